The molecule has 0 aliphatic heterocycles. The van der Waals surface area contributed by atoms with Gasteiger partial charge in [-0.25, -0.2) is 0 Å². The molecule has 1 N–H and O–H groups in total. The molecule has 0 aliphatic carbocycles. The minimum absolute atomic E-state index is 0.0362. The third kappa shape index (κ3) is 17.9. The van der Waals surface area contributed by atoms with Crippen LogP contribution in [-0.4, -0.2) is 43.4 Å². The van der Waals surface area contributed by atoms with Crippen molar-refractivity contribution in [1.29, 1.82) is 0 Å². The van der Waals surface area contributed by atoms with Crippen molar-refractivity contribution >= 4 is 22.1 Å². The summed E-state index contributed by atoms with van der Waals surface area (Å²) in [5.41, 5.74) is 0. The molecule has 0 aromatic heterocycles. The van der Waals surface area contributed by atoms with E-state index in [4.69, 9.17) is 9.47 Å². The van der Waals surface area contributed by atoms with Crippen LogP contribution in [0.2, 0.25) is 0 Å². The van der Waals surface area contributed by atoms with E-state index >= 15 is 0 Å². The highest BCUT2D eigenvalue weighted by Crippen LogP contribution is 2.13. The molecule has 7 nitrogen and oxygen atoms in total. The van der Waals surface area contributed by atoms with Gasteiger partial charge in [-0.2, -0.15) is 8.42 Å². The van der Waals surface area contributed by atoms with Gasteiger partial charge >= 0.3 is 11.9 Å². The van der Waals surface area contributed by atoms with Crippen LogP contribution in [0.5, 0.6) is 0 Å². The highest BCUT2D eigenvalue weighted by Gasteiger charge is 2.35. The van der Waals surface area contributed by atoms with E-state index in [1.54, 1.807) is 0 Å². The number of esters is 2. The van der Waals surface area contributed by atoms with E-state index in [0.717, 1.165) is 19.3 Å². The minimum atomic E-state index is -4.75. The normalized spacial score (nSPS) is 12.3. The first kappa shape index (κ1) is 29.6. The fourth-order valence-corrected chi connectivity index (χ4v) is 3.82. The van der Waals surface area contributed by atoms with Crippen molar-refractivity contribution in [2.45, 2.75) is 108 Å². The Morgan fingerprint density at radius 3 is 1.77 bits per heavy atom. The van der Waals surface area contributed by atoms with Gasteiger partial charge in [-0.3, -0.25) is 14.1 Å². The van der Waals surface area contributed by atoms with Gasteiger partial charge in [0.25, 0.3) is 10.1 Å². The molecular weight excluding hydrogens is 420 g/mol. The Balaban J connectivity index is 3.84. The molecule has 0 aliphatic rings. The second-order valence-electron chi connectivity index (χ2n) is 7.92. The fourth-order valence-electron chi connectivity index (χ4n) is 3.16. The molecule has 0 fully saturated rings. The summed E-state index contributed by atoms with van der Waals surface area (Å²) < 4.78 is 41.8. The van der Waals surface area contributed by atoms with Gasteiger partial charge in [-0.05, 0) is 12.8 Å². The predicted molar refractivity (Wildman–Crippen MR) is 122 cm³/mol. The average Bonchev–Trinajstić information content (AvgIpc) is 2.71. The Morgan fingerprint density at radius 1 is 0.839 bits per heavy atom. The number of rotatable bonds is 21. The van der Waals surface area contributed by atoms with Gasteiger partial charge < -0.3 is 9.47 Å². The van der Waals surface area contributed by atoms with E-state index in [-0.39, 0.29) is 13.2 Å². The number of hydrogen-bond donors (Lipinski definition) is 1. The largest absolute Gasteiger partial charge is 0.465 e. The van der Waals surface area contributed by atoms with Crippen molar-refractivity contribution in [3.8, 4) is 0 Å². The molecule has 0 heterocycles. The van der Waals surface area contributed by atoms with Crippen LogP contribution < -0.4 is 0 Å². The van der Waals surface area contributed by atoms with Crippen LogP contribution in [0.25, 0.3) is 0 Å². The van der Waals surface area contributed by atoms with Gasteiger partial charge in [0, 0.05) is 0 Å². The van der Waals surface area contributed by atoms with Gasteiger partial charge in [0.05, 0.1) is 19.6 Å². The van der Waals surface area contributed by atoms with E-state index in [1.165, 1.54) is 63.9 Å². The first-order chi connectivity index (χ1) is 14.8. The summed E-state index contributed by atoms with van der Waals surface area (Å²) in [6.07, 6.45) is 16.6. The lowest BCUT2D eigenvalue weighted by molar-refractivity contribution is -0.150. The summed E-state index contributed by atoms with van der Waals surface area (Å²) in [6, 6.07) is 0. The second kappa shape index (κ2) is 19.3. The Morgan fingerprint density at radius 2 is 1.32 bits per heavy atom. The third-order valence-electron chi connectivity index (χ3n) is 5.05. The molecule has 0 bridgehead atoms. The lowest BCUT2D eigenvalue weighted by Crippen LogP contribution is -2.34. The van der Waals surface area contributed by atoms with Crippen molar-refractivity contribution in [2.24, 2.45) is 0 Å². The summed E-state index contributed by atoms with van der Waals surface area (Å²) in [4.78, 5) is 23.6. The molecule has 0 spiro atoms. The Kier molecular flexibility index (Phi) is 18.4. The summed E-state index contributed by atoms with van der Waals surface area (Å²) in [7, 11) is -4.75. The van der Waals surface area contributed by atoms with Gasteiger partial charge in [-0.15, -0.1) is 6.58 Å². The molecule has 0 saturated heterocycles. The Bertz CT molecular complexity index is 587. The van der Waals surface area contributed by atoms with Crippen LogP contribution in [0.4, 0.5) is 0 Å². The van der Waals surface area contributed by atoms with Crippen LogP contribution >= 0.6 is 0 Å². The maximum atomic E-state index is 12.0. The molecule has 182 valence electrons. The molecule has 0 rings (SSSR count). The predicted octanol–water partition coefficient (Wildman–Crippen LogP) is 5.39. The zero-order valence-corrected chi connectivity index (χ0v) is 20.0. The Hall–Kier alpha value is -1.41. The first-order valence-corrected chi connectivity index (χ1v) is 13.2. The van der Waals surface area contributed by atoms with E-state index in [2.05, 4.69) is 13.5 Å². The van der Waals surface area contributed by atoms with Crippen molar-refractivity contribution in [1.82, 2.24) is 0 Å². The molecule has 0 radical (unpaired) electrons. The van der Waals surface area contributed by atoms with E-state index in [1.807, 2.05) is 0 Å². The summed E-state index contributed by atoms with van der Waals surface area (Å²) in [5, 5.41) is -1.95. The van der Waals surface area contributed by atoms with Crippen LogP contribution in [-0.2, 0) is 29.2 Å². The highest BCUT2D eigenvalue weighted by molar-refractivity contribution is 7.87. The monoisotopic (exact) mass is 462 g/mol. The number of hydrogen-bond acceptors (Lipinski definition) is 6. The second-order valence-corrected chi connectivity index (χ2v) is 9.51. The number of ether oxygens (including phenoxy) is 2. The quantitative estimate of drug-likeness (QED) is 0.105. The first-order valence-electron chi connectivity index (χ1n) is 11.7. The zero-order valence-electron chi connectivity index (χ0n) is 19.2. The molecule has 0 aromatic rings. The molecule has 31 heavy (non-hydrogen) atoms. The standard InChI is InChI=1S/C23H42O7S/c1-3-5-7-8-9-10-11-12-13-14-15-16-17-19-30-23(25)21(31(26,27)28)20-22(24)29-18-6-4-2/h4,21H,2-3,5-20H2,1H3,(H,26,27,28). The zero-order chi connectivity index (χ0) is 23.4. The van der Waals surface area contributed by atoms with Crippen molar-refractivity contribution in [2.75, 3.05) is 13.2 Å². The van der Waals surface area contributed by atoms with E-state index in [9.17, 15) is 22.6 Å². The van der Waals surface area contributed by atoms with Gasteiger partial charge in [0.1, 0.15) is 0 Å². The van der Waals surface area contributed by atoms with Crippen LogP contribution in [0.15, 0.2) is 12.7 Å². The van der Waals surface area contributed by atoms with Gasteiger partial charge in [0.15, 0.2) is 5.25 Å². The molecule has 8 heteroatoms. The SMILES string of the molecule is C=CCCOC(=O)CC(C(=O)OCCCCCCCCCCCCCCC)S(=O)(=O)O. The summed E-state index contributed by atoms with van der Waals surface area (Å²) in [6.45, 7) is 5.80. The summed E-state index contributed by atoms with van der Waals surface area (Å²) >= 11 is 0. The molecule has 0 saturated carbocycles. The fraction of sp³-hybridized carbons (Fsp3) is 0.826. The molecule has 1 atom stereocenters. The van der Waals surface area contributed by atoms with E-state index in [0.29, 0.717) is 12.8 Å². The van der Waals surface area contributed by atoms with Crippen LogP contribution in [0.3, 0.4) is 0 Å². The number of unbranched alkanes of at least 4 members (excludes halogenated alkanes) is 12. The molecular formula is C23H42O7S. The Labute approximate surface area is 188 Å². The lowest BCUT2D eigenvalue weighted by atomic mass is 10.0. The van der Waals surface area contributed by atoms with Crippen LogP contribution in [0, 0.1) is 0 Å². The topological polar surface area (TPSA) is 107 Å². The maximum absolute atomic E-state index is 12.0. The third-order valence-corrected chi connectivity index (χ3v) is 6.13. The van der Waals surface area contributed by atoms with Crippen LogP contribution in [0.1, 0.15) is 103 Å². The number of carbonyl (C=O) groups excluding carboxylic acids is 2. The smallest absolute Gasteiger partial charge is 0.327 e. The number of carbonyl (C=O) groups is 2. The maximum Gasteiger partial charge on any atom is 0.327 e. The average molecular weight is 463 g/mol. The van der Waals surface area contributed by atoms with Crippen molar-refractivity contribution in [3.05, 3.63) is 12.7 Å². The van der Waals surface area contributed by atoms with E-state index < -0.39 is 33.7 Å². The summed E-state index contributed by atoms with van der Waals surface area (Å²) in [5.74, 6) is -2.01. The van der Waals surface area contributed by atoms with Gasteiger partial charge in [-0.1, -0.05) is 90.0 Å². The molecule has 0 amide bonds. The molecule has 1 unspecified atom stereocenters. The minimum Gasteiger partial charge on any atom is -0.465 e. The molecule has 0 aromatic carbocycles. The van der Waals surface area contributed by atoms with Crippen molar-refractivity contribution in [3.63, 3.8) is 0 Å². The lowest BCUT2D eigenvalue weighted by Gasteiger charge is -2.13. The highest BCUT2D eigenvalue weighted by atomic mass is 32.2. The van der Waals surface area contributed by atoms with Gasteiger partial charge in [0.2, 0.25) is 0 Å². The van der Waals surface area contributed by atoms with Crippen molar-refractivity contribution < 1.29 is 32.0 Å².